The van der Waals surface area contributed by atoms with Gasteiger partial charge in [-0.2, -0.15) is 0 Å². The number of esters is 2. The molecule has 0 radical (unpaired) electrons. The molecule has 0 bridgehead atoms. The van der Waals surface area contributed by atoms with E-state index in [1.807, 2.05) is 13.8 Å². The van der Waals surface area contributed by atoms with E-state index >= 15 is 0 Å². The van der Waals surface area contributed by atoms with Crippen LogP contribution in [0.1, 0.15) is 86.5 Å². The van der Waals surface area contributed by atoms with Crippen molar-refractivity contribution in [2.45, 2.75) is 86.5 Å². The normalized spacial score (nSPS) is 43.8. The van der Waals surface area contributed by atoms with Crippen molar-refractivity contribution in [2.24, 2.45) is 38.9 Å². The van der Waals surface area contributed by atoms with Crippen molar-refractivity contribution in [1.29, 1.82) is 0 Å². The first-order valence-electron chi connectivity index (χ1n) is 14.1. The SMILES string of the molecule is COC(=O)COC(=O)[C@]1(C)CC[C@]2(C)CC[C@]3(C)C4=CC=C5C(=CC(=O)C(=O)C5C)[C@]4(C)CC[C@@]3(C)[C@@H]2C1. The first-order valence-corrected chi connectivity index (χ1v) is 14.1. The fourth-order valence-electron chi connectivity index (χ4n) is 9.13. The summed E-state index contributed by atoms with van der Waals surface area (Å²) in [4.78, 5) is 50.0. The first-order chi connectivity index (χ1) is 17.7. The van der Waals surface area contributed by atoms with Crippen molar-refractivity contribution in [2.75, 3.05) is 13.7 Å². The van der Waals surface area contributed by atoms with Gasteiger partial charge in [0.05, 0.1) is 12.5 Å². The lowest BCUT2D eigenvalue weighted by Crippen LogP contribution is -2.62. The van der Waals surface area contributed by atoms with Gasteiger partial charge in [0.2, 0.25) is 11.6 Å². The second-order valence-corrected chi connectivity index (χ2v) is 13.9. The molecule has 0 aromatic carbocycles. The zero-order valence-corrected chi connectivity index (χ0v) is 24.0. The Balaban J connectivity index is 1.53. The summed E-state index contributed by atoms with van der Waals surface area (Å²) in [5, 5.41) is 0. The number of carbonyl (C=O) groups is 4. The van der Waals surface area contributed by atoms with E-state index in [1.165, 1.54) is 12.7 Å². The van der Waals surface area contributed by atoms with E-state index in [1.54, 1.807) is 6.08 Å². The smallest absolute Gasteiger partial charge is 0.344 e. The molecule has 7 atom stereocenters. The summed E-state index contributed by atoms with van der Waals surface area (Å²) >= 11 is 0. The lowest BCUT2D eigenvalue weighted by molar-refractivity contribution is -0.184. The number of carbonyl (C=O) groups excluding carboxylic acids is 4. The molecule has 6 heteroatoms. The lowest BCUT2D eigenvalue weighted by atomic mass is 9.34. The molecule has 206 valence electrons. The van der Waals surface area contributed by atoms with Crippen molar-refractivity contribution in [3.8, 4) is 0 Å². The predicted octanol–water partition coefficient (Wildman–Crippen LogP) is 5.70. The van der Waals surface area contributed by atoms with Gasteiger partial charge in [-0.15, -0.1) is 0 Å². The van der Waals surface area contributed by atoms with Gasteiger partial charge in [-0.3, -0.25) is 14.4 Å². The Labute approximate surface area is 226 Å². The number of hydrogen-bond donors (Lipinski definition) is 0. The molecule has 3 saturated carbocycles. The van der Waals surface area contributed by atoms with Gasteiger partial charge in [0.25, 0.3) is 0 Å². The molecule has 0 N–H and O–H groups in total. The minimum atomic E-state index is -0.650. The predicted molar refractivity (Wildman–Crippen MR) is 143 cm³/mol. The maximum Gasteiger partial charge on any atom is 0.344 e. The van der Waals surface area contributed by atoms with Gasteiger partial charge in [0.15, 0.2) is 6.61 Å². The second-order valence-electron chi connectivity index (χ2n) is 13.9. The molecular formula is C32H42O6. The minimum absolute atomic E-state index is 0.0539. The Hall–Kier alpha value is -2.50. The summed E-state index contributed by atoms with van der Waals surface area (Å²) in [6, 6.07) is 0. The number of ketones is 2. The highest BCUT2D eigenvalue weighted by atomic mass is 16.6. The zero-order valence-electron chi connectivity index (χ0n) is 24.0. The number of hydrogen-bond acceptors (Lipinski definition) is 6. The van der Waals surface area contributed by atoms with Crippen molar-refractivity contribution in [3.63, 3.8) is 0 Å². The molecule has 38 heavy (non-hydrogen) atoms. The Bertz CT molecular complexity index is 1220. The maximum absolute atomic E-state index is 13.3. The molecule has 5 aliphatic rings. The molecule has 1 unspecified atom stereocenters. The summed E-state index contributed by atoms with van der Waals surface area (Å²) in [6.45, 7) is 13.0. The Morgan fingerprint density at radius 2 is 1.63 bits per heavy atom. The average Bonchev–Trinajstić information content (AvgIpc) is 2.88. The summed E-state index contributed by atoms with van der Waals surface area (Å²) in [6.07, 6.45) is 12.4. The minimum Gasteiger partial charge on any atom is -0.466 e. The van der Waals surface area contributed by atoms with E-state index in [0.717, 1.165) is 56.1 Å². The van der Waals surface area contributed by atoms with Gasteiger partial charge in [-0.25, -0.2) is 4.79 Å². The summed E-state index contributed by atoms with van der Waals surface area (Å²) < 4.78 is 10.1. The molecule has 0 aliphatic heterocycles. The number of fused-ring (bicyclic) bond motifs is 7. The van der Waals surface area contributed by atoms with Crippen LogP contribution in [0.5, 0.6) is 0 Å². The monoisotopic (exact) mass is 522 g/mol. The van der Waals surface area contributed by atoms with Crippen LogP contribution in [0, 0.1) is 38.9 Å². The molecule has 0 aromatic rings. The standard InChI is InChI=1S/C32H42O6/c1-19-20-8-9-23-30(4,21(20)16-22(33)26(19)35)13-15-32(6)24-17-29(3,27(36)38-18-25(34)37-7)11-10-28(24,2)12-14-31(23,32)5/h8-9,16,19,24H,10-15,17-18H2,1-7H3/t19?,24-,28-,29-,30+,31-,32+/m1/s1. The van der Waals surface area contributed by atoms with Crippen LogP contribution in [0.2, 0.25) is 0 Å². The summed E-state index contributed by atoms with van der Waals surface area (Å²) in [7, 11) is 1.29. The van der Waals surface area contributed by atoms with Crippen LogP contribution < -0.4 is 0 Å². The molecular weight excluding hydrogens is 480 g/mol. The third-order valence-electron chi connectivity index (χ3n) is 12.1. The van der Waals surface area contributed by atoms with E-state index in [0.29, 0.717) is 5.92 Å². The molecule has 0 heterocycles. The molecule has 6 nitrogen and oxygen atoms in total. The number of methoxy groups -OCH3 is 1. The van der Waals surface area contributed by atoms with Crippen LogP contribution in [0.15, 0.2) is 34.9 Å². The zero-order chi connectivity index (χ0) is 27.9. The molecule has 5 rings (SSSR count). The Kier molecular flexibility index (Phi) is 6.06. The fraction of sp³-hybridized carbons (Fsp3) is 0.688. The quantitative estimate of drug-likeness (QED) is 0.349. The van der Waals surface area contributed by atoms with Gasteiger partial charge in [-0.05, 0) is 91.3 Å². The van der Waals surface area contributed by atoms with Crippen LogP contribution in [-0.4, -0.2) is 37.2 Å². The summed E-state index contributed by atoms with van der Waals surface area (Å²) in [5.41, 5.74) is 2.41. The third-order valence-corrected chi connectivity index (χ3v) is 12.1. The molecule has 0 amide bonds. The third kappa shape index (κ3) is 3.50. The highest BCUT2D eigenvalue weighted by molar-refractivity contribution is 6.44. The second kappa shape index (κ2) is 8.50. The van der Waals surface area contributed by atoms with E-state index in [9.17, 15) is 19.2 Å². The van der Waals surface area contributed by atoms with Gasteiger partial charge in [0.1, 0.15) is 0 Å². The van der Waals surface area contributed by atoms with Crippen LogP contribution in [-0.2, 0) is 28.7 Å². The van der Waals surface area contributed by atoms with Crippen LogP contribution >= 0.6 is 0 Å². The van der Waals surface area contributed by atoms with Gasteiger partial charge < -0.3 is 9.47 Å². The van der Waals surface area contributed by atoms with Crippen molar-refractivity contribution in [3.05, 3.63) is 34.9 Å². The van der Waals surface area contributed by atoms with Crippen LogP contribution in [0.3, 0.4) is 0 Å². The van der Waals surface area contributed by atoms with Crippen molar-refractivity contribution >= 4 is 23.5 Å². The van der Waals surface area contributed by atoms with E-state index in [2.05, 4.69) is 44.6 Å². The molecule has 5 aliphatic carbocycles. The molecule has 0 spiro atoms. The lowest BCUT2D eigenvalue weighted by Gasteiger charge is -2.70. The highest BCUT2D eigenvalue weighted by Gasteiger charge is 2.67. The van der Waals surface area contributed by atoms with Crippen molar-refractivity contribution < 1.29 is 28.7 Å². The fourth-order valence-corrected chi connectivity index (χ4v) is 9.13. The maximum atomic E-state index is 13.3. The number of rotatable bonds is 3. The molecule has 3 fully saturated rings. The largest absolute Gasteiger partial charge is 0.466 e. The van der Waals surface area contributed by atoms with E-state index in [-0.39, 0.29) is 45.8 Å². The number of ether oxygens (including phenoxy) is 2. The Morgan fingerprint density at radius 1 is 0.947 bits per heavy atom. The Morgan fingerprint density at radius 3 is 2.32 bits per heavy atom. The number of Topliss-reactive ketones (excluding diaryl/α,β-unsaturated/α-hetero) is 1. The average molecular weight is 523 g/mol. The molecule has 0 aromatic heterocycles. The number of allylic oxidation sites excluding steroid dienone is 6. The van der Waals surface area contributed by atoms with E-state index < -0.39 is 17.3 Å². The topological polar surface area (TPSA) is 86.7 Å². The highest BCUT2D eigenvalue weighted by Crippen LogP contribution is 2.75. The van der Waals surface area contributed by atoms with Crippen molar-refractivity contribution in [1.82, 2.24) is 0 Å². The summed E-state index contributed by atoms with van der Waals surface area (Å²) in [5.74, 6) is -1.65. The van der Waals surface area contributed by atoms with Gasteiger partial charge in [0, 0.05) is 11.3 Å². The first kappa shape index (κ1) is 27.1. The van der Waals surface area contributed by atoms with Crippen LogP contribution in [0.25, 0.3) is 0 Å². The van der Waals surface area contributed by atoms with Crippen LogP contribution in [0.4, 0.5) is 0 Å². The van der Waals surface area contributed by atoms with E-state index in [4.69, 9.17) is 4.74 Å². The van der Waals surface area contributed by atoms with Gasteiger partial charge in [-0.1, -0.05) is 52.3 Å². The van der Waals surface area contributed by atoms with Gasteiger partial charge >= 0.3 is 11.9 Å². The molecule has 0 saturated heterocycles.